The molecular formula is C20H23BrFN3O2. The van der Waals surface area contributed by atoms with E-state index in [9.17, 15) is 14.0 Å². The second-order valence-corrected chi connectivity index (χ2v) is 7.07. The van der Waals surface area contributed by atoms with Crippen LogP contribution in [0.25, 0.3) is 0 Å². The maximum atomic E-state index is 12.9. The van der Waals surface area contributed by atoms with E-state index in [-0.39, 0.29) is 30.7 Å². The highest BCUT2D eigenvalue weighted by Crippen LogP contribution is 2.19. The van der Waals surface area contributed by atoms with Gasteiger partial charge in [-0.3, -0.25) is 14.5 Å². The van der Waals surface area contributed by atoms with Gasteiger partial charge in [0.1, 0.15) is 5.82 Å². The lowest BCUT2D eigenvalue weighted by Gasteiger charge is -2.19. The number of carbonyl (C=O) groups is 2. The minimum Gasteiger partial charge on any atom is -0.351 e. The summed E-state index contributed by atoms with van der Waals surface area (Å²) in [5.74, 6) is -0.674. The molecule has 2 aromatic carbocycles. The molecule has 7 heteroatoms. The molecule has 0 spiro atoms. The van der Waals surface area contributed by atoms with E-state index in [1.54, 1.807) is 17.0 Å². The fraction of sp³-hybridized carbons (Fsp3) is 0.300. The first kappa shape index (κ1) is 21.1. The van der Waals surface area contributed by atoms with E-state index in [2.05, 4.69) is 26.6 Å². The smallest absolute Gasteiger partial charge is 0.238 e. The molecular weight excluding hydrogens is 413 g/mol. The number of anilines is 1. The molecule has 27 heavy (non-hydrogen) atoms. The summed E-state index contributed by atoms with van der Waals surface area (Å²) in [6, 6.07) is 11.5. The highest BCUT2D eigenvalue weighted by molar-refractivity contribution is 9.10. The summed E-state index contributed by atoms with van der Waals surface area (Å²) in [5, 5.41) is 5.62. The number of benzene rings is 2. The topological polar surface area (TPSA) is 61.4 Å². The Labute approximate surface area is 167 Å². The van der Waals surface area contributed by atoms with Gasteiger partial charge in [0.2, 0.25) is 11.8 Å². The minimum absolute atomic E-state index is 0.116. The third-order valence-corrected chi connectivity index (χ3v) is 4.92. The third kappa shape index (κ3) is 7.11. The molecule has 2 rings (SSSR count). The maximum absolute atomic E-state index is 12.9. The Morgan fingerprint density at radius 1 is 1.07 bits per heavy atom. The molecule has 2 aromatic rings. The zero-order valence-corrected chi connectivity index (χ0v) is 17.0. The Kier molecular flexibility index (Phi) is 7.94. The van der Waals surface area contributed by atoms with Gasteiger partial charge in [-0.05, 0) is 54.9 Å². The summed E-state index contributed by atoms with van der Waals surface area (Å²) in [6.07, 6.45) is 0. The van der Waals surface area contributed by atoms with Gasteiger partial charge < -0.3 is 10.6 Å². The van der Waals surface area contributed by atoms with Crippen LogP contribution in [-0.2, 0) is 16.1 Å². The van der Waals surface area contributed by atoms with Gasteiger partial charge in [0.15, 0.2) is 0 Å². The molecule has 0 fully saturated rings. The summed E-state index contributed by atoms with van der Waals surface area (Å²) in [6.45, 7) is 4.96. The number of rotatable bonds is 8. The summed E-state index contributed by atoms with van der Waals surface area (Å²) in [7, 11) is 0. The van der Waals surface area contributed by atoms with Crippen LogP contribution in [0.5, 0.6) is 0 Å². The summed E-state index contributed by atoms with van der Waals surface area (Å²) >= 11 is 3.43. The van der Waals surface area contributed by atoms with Gasteiger partial charge in [0.05, 0.1) is 13.1 Å². The number of aryl methyl sites for hydroxylation is 1. The van der Waals surface area contributed by atoms with Crippen LogP contribution in [0.3, 0.4) is 0 Å². The van der Waals surface area contributed by atoms with Crippen LogP contribution in [0, 0.1) is 12.7 Å². The Morgan fingerprint density at radius 2 is 1.74 bits per heavy atom. The zero-order chi connectivity index (χ0) is 19.8. The molecule has 2 amide bonds. The Balaban J connectivity index is 1.80. The first-order chi connectivity index (χ1) is 12.9. The van der Waals surface area contributed by atoms with Gasteiger partial charge in [0.25, 0.3) is 0 Å². The molecule has 0 radical (unpaired) electrons. The molecule has 0 aliphatic rings. The van der Waals surface area contributed by atoms with Crippen LogP contribution in [0.4, 0.5) is 10.1 Å². The molecule has 0 atom stereocenters. The zero-order valence-electron chi connectivity index (χ0n) is 15.4. The van der Waals surface area contributed by atoms with Crippen molar-refractivity contribution in [1.82, 2.24) is 10.2 Å². The average Bonchev–Trinajstić information content (AvgIpc) is 2.63. The second-order valence-electron chi connectivity index (χ2n) is 6.22. The summed E-state index contributed by atoms with van der Waals surface area (Å²) in [4.78, 5) is 26.1. The number of nitrogens with zero attached hydrogens (tertiary/aromatic N) is 1. The van der Waals surface area contributed by atoms with Crippen molar-refractivity contribution in [1.29, 1.82) is 0 Å². The normalized spacial score (nSPS) is 10.7. The quantitative estimate of drug-likeness (QED) is 0.667. The van der Waals surface area contributed by atoms with Crippen LogP contribution in [-0.4, -0.2) is 36.3 Å². The molecule has 2 N–H and O–H groups in total. The fourth-order valence-electron chi connectivity index (χ4n) is 2.47. The number of halogens is 2. The first-order valence-corrected chi connectivity index (χ1v) is 9.46. The molecule has 144 valence electrons. The molecule has 0 saturated carbocycles. The minimum atomic E-state index is -0.311. The van der Waals surface area contributed by atoms with E-state index < -0.39 is 0 Å². The van der Waals surface area contributed by atoms with Crippen LogP contribution < -0.4 is 10.6 Å². The van der Waals surface area contributed by atoms with E-state index in [0.717, 1.165) is 21.3 Å². The number of hydrogen-bond donors (Lipinski definition) is 2. The highest BCUT2D eigenvalue weighted by atomic mass is 79.9. The Morgan fingerprint density at radius 3 is 2.37 bits per heavy atom. The van der Waals surface area contributed by atoms with Gasteiger partial charge in [-0.2, -0.15) is 0 Å². The largest absolute Gasteiger partial charge is 0.351 e. The van der Waals surface area contributed by atoms with Gasteiger partial charge in [-0.15, -0.1) is 0 Å². The molecule has 0 bridgehead atoms. The average molecular weight is 436 g/mol. The molecule has 0 aliphatic heterocycles. The third-order valence-electron chi connectivity index (χ3n) is 4.03. The van der Waals surface area contributed by atoms with Crippen molar-refractivity contribution in [3.63, 3.8) is 0 Å². The van der Waals surface area contributed by atoms with Crippen molar-refractivity contribution < 1.29 is 14.0 Å². The van der Waals surface area contributed by atoms with Crippen LogP contribution in [0.1, 0.15) is 18.1 Å². The van der Waals surface area contributed by atoms with Crippen molar-refractivity contribution >= 4 is 33.4 Å². The lowest BCUT2D eigenvalue weighted by Crippen LogP contribution is -2.40. The van der Waals surface area contributed by atoms with E-state index in [0.29, 0.717) is 13.1 Å². The van der Waals surface area contributed by atoms with E-state index in [1.165, 1.54) is 12.1 Å². The Hall–Kier alpha value is -2.25. The predicted molar refractivity (Wildman–Crippen MR) is 108 cm³/mol. The van der Waals surface area contributed by atoms with E-state index >= 15 is 0 Å². The lowest BCUT2D eigenvalue weighted by molar-refractivity contribution is -0.123. The Bertz CT molecular complexity index is 796. The van der Waals surface area contributed by atoms with Crippen LogP contribution in [0.2, 0.25) is 0 Å². The SMILES string of the molecule is CCN(CC(=O)NCc1ccc(F)cc1)CC(=O)Nc1ccc(Br)c(C)c1. The van der Waals surface area contributed by atoms with E-state index in [1.807, 2.05) is 32.0 Å². The fourth-order valence-corrected chi connectivity index (χ4v) is 2.71. The number of amides is 2. The van der Waals surface area contributed by atoms with Crippen molar-refractivity contribution in [3.8, 4) is 0 Å². The molecule has 0 unspecified atom stereocenters. The van der Waals surface area contributed by atoms with Gasteiger partial charge >= 0.3 is 0 Å². The van der Waals surface area contributed by atoms with Gasteiger partial charge in [-0.25, -0.2) is 4.39 Å². The molecule has 0 heterocycles. The summed E-state index contributed by atoms with van der Waals surface area (Å²) < 4.78 is 13.9. The van der Waals surface area contributed by atoms with Gasteiger partial charge in [0, 0.05) is 16.7 Å². The standard InChI is InChI=1S/C20H23BrFN3O2/c1-3-25(12-19(26)23-11-15-4-6-16(22)7-5-15)13-20(27)24-17-8-9-18(21)14(2)10-17/h4-10H,3,11-13H2,1-2H3,(H,23,26)(H,24,27). The van der Waals surface area contributed by atoms with Crippen LogP contribution >= 0.6 is 15.9 Å². The van der Waals surface area contributed by atoms with Gasteiger partial charge in [-0.1, -0.05) is 35.0 Å². The molecule has 5 nitrogen and oxygen atoms in total. The number of hydrogen-bond acceptors (Lipinski definition) is 3. The van der Waals surface area contributed by atoms with Crippen molar-refractivity contribution in [2.45, 2.75) is 20.4 Å². The number of nitrogens with one attached hydrogen (secondary N) is 2. The lowest BCUT2D eigenvalue weighted by atomic mass is 10.2. The van der Waals surface area contributed by atoms with Crippen molar-refractivity contribution in [2.75, 3.05) is 25.0 Å². The summed E-state index contributed by atoms with van der Waals surface area (Å²) in [5.41, 5.74) is 2.56. The van der Waals surface area contributed by atoms with Crippen molar-refractivity contribution in [3.05, 3.63) is 63.9 Å². The second kappa shape index (κ2) is 10.2. The molecule has 0 saturated heterocycles. The number of likely N-dealkylation sites (N-methyl/N-ethyl adjacent to an activating group) is 1. The maximum Gasteiger partial charge on any atom is 0.238 e. The van der Waals surface area contributed by atoms with Crippen molar-refractivity contribution in [2.24, 2.45) is 0 Å². The molecule has 0 aliphatic carbocycles. The predicted octanol–water partition coefficient (Wildman–Crippen LogP) is 3.47. The highest BCUT2D eigenvalue weighted by Gasteiger charge is 2.13. The number of carbonyl (C=O) groups excluding carboxylic acids is 2. The van der Waals surface area contributed by atoms with E-state index in [4.69, 9.17) is 0 Å². The first-order valence-electron chi connectivity index (χ1n) is 8.67. The van der Waals surface area contributed by atoms with Crippen LogP contribution in [0.15, 0.2) is 46.9 Å². The molecule has 0 aromatic heterocycles. The monoisotopic (exact) mass is 435 g/mol.